The monoisotopic (exact) mass is 1250 g/mol. The third-order valence-electron chi connectivity index (χ3n) is 19.0. The highest BCUT2D eigenvalue weighted by Crippen LogP contribution is 2.50. The lowest BCUT2D eigenvalue weighted by atomic mass is 9.85. The van der Waals surface area contributed by atoms with Crippen molar-refractivity contribution in [1.29, 1.82) is 0 Å². The molecule has 98 heavy (non-hydrogen) atoms. The van der Waals surface area contributed by atoms with Gasteiger partial charge in [0.2, 0.25) is 0 Å². The molecule has 4 heteroatoms. The summed E-state index contributed by atoms with van der Waals surface area (Å²) < 4.78 is 0. The summed E-state index contributed by atoms with van der Waals surface area (Å²) in [6, 6.07) is 146. The van der Waals surface area contributed by atoms with Crippen molar-refractivity contribution in [2.45, 2.75) is 0 Å². The Morgan fingerprint density at radius 2 is 0.357 bits per heavy atom. The average molecular weight is 1250 g/mol. The van der Waals surface area contributed by atoms with Gasteiger partial charge in [-0.3, -0.25) is 0 Å². The van der Waals surface area contributed by atoms with Crippen molar-refractivity contribution >= 4 is 111 Å². The highest BCUT2D eigenvalue weighted by Gasteiger charge is 2.24. The van der Waals surface area contributed by atoms with E-state index in [1.165, 1.54) is 43.8 Å². The van der Waals surface area contributed by atoms with Gasteiger partial charge >= 0.3 is 0 Å². The molecule has 0 unspecified atom stereocenters. The topological polar surface area (TPSA) is 13.0 Å². The van der Waals surface area contributed by atoms with E-state index < -0.39 is 0 Å². The van der Waals surface area contributed by atoms with Crippen LogP contribution in [0, 0.1) is 0 Å². The van der Waals surface area contributed by atoms with Crippen molar-refractivity contribution in [3.05, 3.63) is 400 Å². The molecule has 17 aromatic carbocycles. The number of fused-ring (bicyclic) bond motifs is 4. The molecule has 17 rings (SSSR count). The minimum Gasteiger partial charge on any atom is -0.311 e. The van der Waals surface area contributed by atoms with E-state index in [9.17, 15) is 0 Å². The fraction of sp³-hybridized carbons (Fsp3) is 0. The van der Waals surface area contributed by atoms with Crippen LogP contribution in [0.15, 0.2) is 400 Å². The molecule has 0 fully saturated rings. The van der Waals surface area contributed by atoms with Gasteiger partial charge in [0.1, 0.15) is 0 Å². The maximum atomic E-state index is 2.44. The Bertz CT molecular complexity index is 5190. The van der Waals surface area contributed by atoms with E-state index >= 15 is 0 Å². The van der Waals surface area contributed by atoms with Crippen molar-refractivity contribution in [3.63, 3.8) is 0 Å². The number of benzene rings is 17. The van der Waals surface area contributed by atoms with E-state index in [0.29, 0.717) is 0 Å². The van der Waals surface area contributed by atoms with Gasteiger partial charge in [-0.1, -0.05) is 255 Å². The maximum Gasteiger partial charge on any atom is 0.0468 e. The summed E-state index contributed by atoms with van der Waals surface area (Å²) in [6.07, 6.45) is 0. The van der Waals surface area contributed by atoms with Crippen LogP contribution in [0.2, 0.25) is 0 Å². The van der Waals surface area contributed by atoms with Crippen molar-refractivity contribution < 1.29 is 0 Å². The number of rotatable bonds is 16. The molecule has 17 aromatic rings. The molecule has 462 valence electrons. The zero-order chi connectivity index (χ0) is 65.1. The highest BCUT2D eigenvalue weighted by atomic mass is 15.2. The molecule has 0 aliphatic carbocycles. The molecule has 0 saturated carbocycles. The van der Waals surface area contributed by atoms with Gasteiger partial charge in [-0.05, 0) is 233 Å². The first kappa shape index (κ1) is 58.8. The minimum atomic E-state index is 1.04. The van der Waals surface area contributed by atoms with Crippen molar-refractivity contribution in [2.75, 3.05) is 19.6 Å². The summed E-state index contributed by atoms with van der Waals surface area (Å²) in [5.41, 5.74) is 22.0. The zero-order valence-electron chi connectivity index (χ0n) is 53.9. The third kappa shape index (κ3) is 11.2. The summed E-state index contributed by atoms with van der Waals surface area (Å²) in [5, 5.41) is 9.45. The lowest BCUT2D eigenvalue weighted by molar-refractivity contribution is 1.28. The second-order valence-corrected chi connectivity index (χ2v) is 24.8. The second kappa shape index (κ2) is 26.1. The number of anilines is 12. The molecule has 0 radical (unpaired) electrons. The predicted octanol–water partition coefficient (Wildman–Crippen LogP) is 26.8. The van der Waals surface area contributed by atoms with Crippen molar-refractivity contribution in [2.24, 2.45) is 0 Å². The Balaban J connectivity index is 0.903. The van der Waals surface area contributed by atoms with Crippen LogP contribution < -0.4 is 19.6 Å². The van der Waals surface area contributed by atoms with E-state index in [1.807, 2.05) is 0 Å². The lowest BCUT2D eigenvalue weighted by Gasteiger charge is -2.29. The Kier molecular flexibility index (Phi) is 15.6. The molecule has 0 bridgehead atoms. The van der Waals surface area contributed by atoms with Gasteiger partial charge in [-0.15, -0.1) is 0 Å². The molecule has 0 heterocycles. The number of hydrogen-bond acceptors (Lipinski definition) is 4. The molecule has 4 nitrogen and oxygen atoms in total. The smallest absolute Gasteiger partial charge is 0.0468 e. The maximum absolute atomic E-state index is 2.44. The van der Waals surface area contributed by atoms with Gasteiger partial charge in [0.15, 0.2) is 0 Å². The Labute approximate surface area is 572 Å². The van der Waals surface area contributed by atoms with E-state index in [-0.39, 0.29) is 0 Å². The fourth-order valence-electron chi connectivity index (χ4n) is 14.4. The van der Waals surface area contributed by atoms with Crippen molar-refractivity contribution in [1.82, 2.24) is 0 Å². The van der Waals surface area contributed by atoms with E-state index in [4.69, 9.17) is 0 Å². The molecule has 0 saturated heterocycles. The van der Waals surface area contributed by atoms with Crippen molar-refractivity contribution in [3.8, 4) is 44.5 Å². The Hall–Kier alpha value is -13.0. The lowest BCUT2D eigenvalue weighted by Crippen LogP contribution is -2.10. The highest BCUT2D eigenvalue weighted by molar-refractivity contribution is 6.23. The van der Waals surface area contributed by atoms with Crippen LogP contribution in [0.25, 0.3) is 87.6 Å². The average Bonchev–Trinajstić information content (AvgIpc) is 0.722. The molecule has 0 aliphatic heterocycles. The quantitative estimate of drug-likeness (QED) is 0.0894. The van der Waals surface area contributed by atoms with E-state index in [2.05, 4.69) is 420 Å². The van der Waals surface area contributed by atoms with E-state index in [0.717, 1.165) is 112 Å². The molecular formula is C94H66N4. The van der Waals surface area contributed by atoms with Gasteiger partial charge in [0.25, 0.3) is 0 Å². The fourth-order valence-corrected chi connectivity index (χ4v) is 14.4. The summed E-state index contributed by atoms with van der Waals surface area (Å²) in [5.74, 6) is 0. The van der Waals surface area contributed by atoms with E-state index in [1.54, 1.807) is 0 Å². The van der Waals surface area contributed by atoms with Crippen LogP contribution in [0.4, 0.5) is 68.2 Å². The SMILES string of the molecule is c1ccc(N(c2ccccc2)c2ccc(-c3c4ccc(N(c5ccccc5)c5ccc(-c6cccc7ccccc67)cc5)cc4c(-c4ccc(N(c5ccccc5)c5ccccc5)cc4)c4ccc(N(c5ccccc5)c5ccc(-c6cccc7ccccc67)cc5)cc34)cc2)cc1. The number of hydrogen-bond donors (Lipinski definition) is 0. The van der Waals surface area contributed by atoms with Crippen LogP contribution in [-0.4, -0.2) is 0 Å². The van der Waals surface area contributed by atoms with Crippen LogP contribution in [0.5, 0.6) is 0 Å². The predicted molar refractivity (Wildman–Crippen MR) is 417 cm³/mol. The normalized spacial score (nSPS) is 11.3. The summed E-state index contributed by atoms with van der Waals surface area (Å²) >= 11 is 0. The van der Waals surface area contributed by atoms with Crippen LogP contribution >= 0.6 is 0 Å². The minimum absolute atomic E-state index is 1.04. The zero-order valence-corrected chi connectivity index (χ0v) is 53.9. The molecular weight excluding hydrogens is 1190 g/mol. The van der Waals surface area contributed by atoms with Crippen LogP contribution in [0.3, 0.4) is 0 Å². The third-order valence-corrected chi connectivity index (χ3v) is 19.0. The second-order valence-electron chi connectivity index (χ2n) is 24.8. The van der Waals surface area contributed by atoms with Crippen LogP contribution in [0.1, 0.15) is 0 Å². The summed E-state index contributed by atoms with van der Waals surface area (Å²) in [7, 11) is 0. The van der Waals surface area contributed by atoms with Gasteiger partial charge < -0.3 is 19.6 Å². The summed E-state index contributed by atoms with van der Waals surface area (Å²) in [4.78, 5) is 9.49. The Morgan fingerprint density at radius 3 is 0.653 bits per heavy atom. The molecule has 0 amide bonds. The molecule has 0 atom stereocenters. The van der Waals surface area contributed by atoms with Gasteiger partial charge in [-0.25, -0.2) is 0 Å². The van der Waals surface area contributed by atoms with Gasteiger partial charge in [0, 0.05) is 68.2 Å². The standard InChI is InChI=1S/C94H66N4/c1-7-29-73(30-8-1)95(74-31-9-2-10-32-74)79-57-49-71(50-58-79)93-89-63-61-84(98(78-39-17-6-18-40-78)82-55-47-70(48-56-82)88-44-24-28-68-26-20-22-42-86(68)88)66-92(89)94(72-51-59-80(60-52-72)96(75-33-11-3-12-34-75)76-35-13-4-14-36-76)90-64-62-83(65-91(90)93)97(77-37-15-5-16-38-77)81-53-45-69(46-54-81)87-43-23-27-67-25-19-21-41-85(67)87/h1-66H. The molecule has 0 spiro atoms. The molecule has 0 N–H and O–H groups in total. The molecule has 0 aliphatic rings. The first-order chi connectivity index (χ1) is 48.6. The summed E-state index contributed by atoms with van der Waals surface area (Å²) in [6.45, 7) is 0. The van der Waals surface area contributed by atoms with Gasteiger partial charge in [0.05, 0.1) is 0 Å². The van der Waals surface area contributed by atoms with Gasteiger partial charge in [-0.2, -0.15) is 0 Å². The Morgan fingerprint density at radius 1 is 0.133 bits per heavy atom. The number of para-hydroxylation sites is 6. The molecule has 0 aromatic heterocycles. The first-order valence-corrected chi connectivity index (χ1v) is 33.6. The van der Waals surface area contributed by atoms with Crippen LogP contribution in [-0.2, 0) is 0 Å². The largest absolute Gasteiger partial charge is 0.311 e. The number of nitrogens with zero attached hydrogens (tertiary/aromatic N) is 4. The first-order valence-electron chi connectivity index (χ1n) is 33.6.